The number of rotatable bonds is 11. The highest BCUT2D eigenvalue weighted by Gasteiger charge is 2.29. The molecule has 174 valence electrons. The van der Waals surface area contributed by atoms with Crippen LogP contribution in [-0.2, 0) is 16.1 Å². The predicted molar refractivity (Wildman–Crippen MR) is 136 cm³/mol. The maximum absolute atomic E-state index is 13.3. The number of aryl methyl sites for hydroxylation is 1. The van der Waals surface area contributed by atoms with Crippen LogP contribution in [0.25, 0.3) is 0 Å². The average Bonchev–Trinajstić information content (AvgIpc) is 2.77. The molecule has 0 heterocycles. The third-order valence-corrected chi connectivity index (χ3v) is 7.08. The summed E-state index contributed by atoms with van der Waals surface area (Å²) in [5, 5.41) is 3.92. The van der Waals surface area contributed by atoms with E-state index >= 15 is 0 Å². The van der Waals surface area contributed by atoms with Gasteiger partial charge in [0.25, 0.3) is 0 Å². The van der Waals surface area contributed by atoms with Gasteiger partial charge in [-0.25, -0.2) is 0 Å². The molecule has 0 spiro atoms. The fourth-order valence-corrected chi connectivity index (χ4v) is 4.39. The average molecular weight is 496 g/mol. The number of nitrogens with one attached hydrogen (secondary N) is 1. The Labute approximate surface area is 206 Å². The minimum absolute atomic E-state index is 0.0515. The third-order valence-electron chi connectivity index (χ3n) is 5.33. The minimum Gasteiger partial charge on any atom is -0.352 e. The Hall–Kier alpha value is -1.69. The smallest absolute Gasteiger partial charge is 0.243 e. The summed E-state index contributed by atoms with van der Waals surface area (Å²) >= 11 is 13.9. The van der Waals surface area contributed by atoms with Crippen LogP contribution in [0, 0.1) is 6.92 Å². The Bertz CT molecular complexity index is 905. The van der Waals surface area contributed by atoms with Gasteiger partial charge in [0.05, 0.1) is 10.0 Å². The first-order chi connectivity index (χ1) is 15.2. The molecule has 0 unspecified atom stereocenters. The molecule has 32 heavy (non-hydrogen) atoms. The Morgan fingerprint density at radius 2 is 1.72 bits per heavy atom. The van der Waals surface area contributed by atoms with E-state index in [2.05, 4.69) is 29.6 Å². The standard InChI is InChI=1S/C25H32Cl2N2O2S/c1-5-18(4)28-25(31)23(6-2)29(16-19-9-12-21(26)22(27)15-19)24(30)13-14-32-20-10-7-17(3)8-11-20/h7-12,15,18,23H,5-6,13-14,16H2,1-4H3,(H,28,31)/t18-,23+/m1/s1. The van der Waals surface area contributed by atoms with Gasteiger partial charge < -0.3 is 10.2 Å². The summed E-state index contributed by atoms with van der Waals surface area (Å²) in [6.45, 7) is 8.27. The van der Waals surface area contributed by atoms with Gasteiger partial charge in [-0.15, -0.1) is 11.8 Å². The second-order valence-electron chi connectivity index (χ2n) is 7.92. The molecule has 0 aromatic heterocycles. The Kier molecular flexibility index (Phi) is 10.9. The van der Waals surface area contributed by atoms with Gasteiger partial charge in [0, 0.05) is 29.7 Å². The van der Waals surface area contributed by atoms with E-state index in [0.29, 0.717) is 35.2 Å². The van der Waals surface area contributed by atoms with Gasteiger partial charge in [-0.3, -0.25) is 9.59 Å². The van der Waals surface area contributed by atoms with Crippen LogP contribution in [0.1, 0.15) is 51.2 Å². The Morgan fingerprint density at radius 3 is 2.31 bits per heavy atom. The molecule has 1 N–H and O–H groups in total. The van der Waals surface area contributed by atoms with E-state index in [9.17, 15) is 9.59 Å². The molecule has 0 aliphatic rings. The van der Waals surface area contributed by atoms with Gasteiger partial charge >= 0.3 is 0 Å². The summed E-state index contributed by atoms with van der Waals surface area (Å²) in [4.78, 5) is 29.0. The van der Waals surface area contributed by atoms with E-state index in [1.807, 2.05) is 33.8 Å². The molecule has 2 aromatic carbocycles. The van der Waals surface area contributed by atoms with Crippen LogP contribution in [0.4, 0.5) is 0 Å². The summed E-state index contributed by atoms with van der Waals surface area (Å²) < 4.78 is 0. The second-order valence-corrected chi connectivity index (χ2v) is 9.91. The maximum atomic E-state index is 13.3. The molecular weight excluding hydrogens is 463 g/mol. The lowest BCUT2D eigenvalue weighted by Crippen LogP contribution is -2.50. The summed E-state index contributed by atoms with van der Waals surface area (Å²) in [5.41, 5.74) is 2.05. The molecule has 0 bridgehead atoms. The third kappa shape index (κ3) is 8.02. The summed E-state index contributed by atoms with van der Waals surface area (Å²) in [6, 6.07) is 13.1. The lowest BCUT2D eigenvalue weighted by atomic mass is 10.1. The molecule has 0 saturated carbocycles. The Morgan fingerprint density at radius 1 is 1.03 bits per heavy atom. The molecule has 0 radical (unpaired) electrons. The normalized spacial score (nSPS) is 12.8. The van der Waals surface area contributed by atoms with Gasteiger partial charge in [-0.2, -0.15) is 0 Å². The van der Waals surface area contributed by atoms with Gasteiger partial charge in [-0.05, 0) is 56.5 Å². The van der Waals surface area contributed by atoms with Gasteiger partial charge in [0.1, 0.15) is 6.04 Å². The van der Waals surface area contributed by atoms with E-state index < -0.39 is 6.04 Å². The van der Waals surface area contributed by atoms with Crippen LogP contribution in [0.3, 0.4) is 0 Å². The fourth-order valence-electron chi connectivity index (χ4n) is 3.23. The lowest BCUT2D eigenvalue weighted by molar-refractivity contribution is -0.141. The molecule has 2 amide bonds. The van der Waals surface area contributed by atoms with Crippen LogP contribution < -0.4 is 5.32 Å². The molecule has 2 aromatic rings. The van der Waals surface area contributed by atoms with Crippen LogP contribution in [0.2, 0.25) is 10.0 Å². The minimum atomic E-state index is -0.546. The first kappa shape index (κ1) is 26.6. The maximum Gasteiger partial charge on any atom is 0.243 e. The van der Waals surface area contributed by atoms with E-state index in [1.165, 1.54) is 5.56 Å². The number of nitrogens with zero attached hydrogens (tertiary/aromatic N) is 1. The number of hydrogen-bond donors (Lipinski definition) is 1. The monoisotopic (exact) mass is 494 g/mol. The first-order valence-corrected chi connectivity index (χ1v) is 12.7. The summed E-state index contributed by atoms with van der Waals surface area (Å²) in [5.74, 6) is 0.465. The molecular formula is C25H32Cl2N2O2S. The highest BCUT2D eigenvalue weighted by molar-refractivity contribution is 7.99. The van der Waals surface area contributed by atoms with Crippen molar-refractivity contribution in [3.63, 3.8) is 0 Å². The number of hydrogen-bond acceptors (Lipinski definition) is 3. The zero-order valence-electron chi connectivity index (χ0n) is 19.2. The highest BCUT2D eigenvalue weighted by atomic mass is 35.5. The number of thioether (sulfide) groups is 1. The molecule has 2 atom stereocenters. The van der Waals surface area contributed by atoms with Gasteiger partial charge in [0.15, 0.2) is 0 Å². The van der Waals surface area contributed by atoms with Crippen molar-refractivity contribution in [2.45, 2.75) is 70.5 Å². The highest BCUT2D eigenvalue weighted by Crippen LogP contribution is 2.25. The number of carbonyl (C=O) groups excluding carboxylic acids is 2. The van der Waals surface area contributed by atoms with Crippen molar-refractivity contribution in [3.05, 3.63) is 63.6 Å². The van der Waals surface area contributed by atoms with Crippen molar-refractivity contribution >= 4 is 46.8 Å². The van der Waals surface area contributed by atoms with Crippen molar-refractivity contribution in [1.82, 2.24) is 10.2 Å². The molecule has 0 saturated heterocycles. The van der Waals surface area contributed by atoms with Crippen molar-refractivity contribution in [2.24, 2.45) is 0 Å². The van der Waals surface area contributed by atoms with Crippen molar-refractivity contribution in [2.75, 3.05) is 5.75 Å². The largest absolute Gasteiger partial charge is 0.352 e. The SMILES string of the molecule is CC[C@@H](C)NC(=O)[C@H](CC)N(Cc1ccc(Cl)c(Cl)c1)C(=O)CCSc1ccc(C)cc1. The fraction of sp³-hybridized carbons (Fsp3) is 0.440. The molecule has 2 rings (SSSR count). The molecule has 7 heteroatoms. The quantitative estimate of drug-likeness (QED) is 0.362. The van der Waals surface area contributed by atoms with Crippen molar-refractivity contribution in [3.8, 4) is 0 Å². The Balaban J connectivity index is 2.16. The van der Waals surface area contributed by atoms with Crippen LogP contribution in [0.5, 0.6) is 0 Å². The van der Waals surface area contributed by atoms with E-state index in [4.69, 9.17) is 23.2 Å². The number of carbonyl (C=O) groups is 2. The van der Waals surface area contributed by atoms with E-state index in [0.717, 1.165) is 16.9 Å². The number of halogens is 2. The van der Waals surface area contributed by atoms with Crippen LogP contribution >= 0.6 is 35.0 Å². The van der Waals surface area contributed by atoms with Crippen molar-refractivity contribution in [1.29, 1.82) is 0 Å². The van der Waals surface area contributed by atoms with Crippen molar-refractivity contribution < 1.29 is 9.59 Å². The molecule has 0 aliphatic heterocycles. The van der Waals surface area contributed by atoms with Crippen LogP contribution in [-0.4, -0.2) is 34.6 Å². The van der Waals surface area contributed by atoms with E-state index in [-0.39, 0.29) is 17.9 Å². The molecule has 0 fully saturated rings. The van der Waals surface area contributed by atoms with Gasteiger partial charge in [-0.1, -0.05) is 60.8 Å². The lowest BCUT2D eigenvalue weighted by Gasteiger charge is -2.31. The topological polar surface area (TPSA) is 49.4 Å². The van der Waals surface area contributed by atoms with E-state index in [1.54, 1.807) is 28.8 Å². The van der Waals surface area contributed by atoms with Gasteiger partial charge in [0.2, 0.25) is 11.8 Å². The molecule has 0 aliphatic carbocycles. The van der Waals surface area contributed by atoms with Crippen LogP contribution in [0.15, 0.2) is 47.4 Å². The summed E-state index contributed by atoms with van der Waals surface area (Å²) in [7, 11) is 0. The second kappa shape index (κ2) is 13.1. The predicted octanol–water partition coefficient (Wildman–Crippen LogP) is 6.51. The number of benzene rings is 2. The zero-order chi connectivity index (χ0) is 23.7. The molecule has 4 nitrogen and oxygen atoms in total. The number of amides is 2. The first-order valence-electron chi connectivity index (χ1n) is 11.0. The summed E-state index contributed by atoms with van der Waals surface area (Å²) in [6.07, 6.45) is 1.70. The zero-order valence-corrected chi connectivity index (χ0v) is 21.5.